The van der Waals surface area contributed by atoms with Crippen LogP contribution < -0.4 is 10.1 Å². The van der Waals surface area contributed by atoms with Crippen molar-refractivity contribution in [1.82, 2.24) is 15.1 Å². The molecule has 152 valence electrons. The molecule has 1 saturated heterocycles. The lowest BCUT2D eigenvalue weighted by Crippen LogP contribution is -2.51. The van der Waals surface area contributed by atoms with Gasteiger partial charge in [0, 0.05) is 51.1 Å². The van der Waals surface area contributed by atoms with Crippen LogP contribution in [0, 0.1) is 0 Å². The van der Waals surface area contributed by atoms with E-state index in [9.17, 15) is 14.4 Å². The molecule has 0 bridgehead atoms. The van der Waals surface area contributed by atoms with Gasteiger partial charge >= 0.3 is 0 Å². The summed E-state index contributed by atoms with van der Waals surface area (Å²) in [6.45, 7) is 9.29. The normalized spacial score (nSPS) is 14.4. The zero-order chi connectivity index (χ0) is 20.4. The molecule has 7 nitrogen and oxygen atoms in total. The minimum absolute atomic E-state index is 0.0185. The standard InChI is InChI=1S/C21H29N3O4/c1-3-11-22-20(26)16-23-12-14-24(15-13-23)21(27)10-9-19(25)17-5-7-18(8-6-17)28-4-2/h3,5-8H,1,4,9-16H2,2H3,(H,22,26). The number of hydrogen-bond acceptors (Lipinski definition) is 5. The minimum Gasteiger partial charge on any atom is -0.494 e. The van der Waals surface area contributed by atoms with Crippen LogP contribution in [0.4, 0.5) is 0 Å². The second-order valence-electron chi connectivity index (χ2n) is 6.63. The molecule has 1 fully saturated rings. The van der Waals surface area contributed by atoms with E-state index >= 15 is 0 Å². The van der Waals surface area contributed by atoms with Crippen molar-refractivity contribution >= 4 is 17.6 Å². The van der Waals surface area contributed by atoms with Crippen molar-refractivity contribution in [2.45, 2.75) is 19.8 Å². The highest BCUT2D eigenvalue weighted by molar-refractivity contribution is 5.98. The number of ketones is 1. The number of benzene rings is 1. The maximum Gasteiger partial charge on any atom is 0.234 e. The third kappa shape index (κ3) is 6.81. The van der Waals surface area contributed by atoms with E-state index in [4.69, 9.17) is 4.74 Å². The van der Waals surface area contributed by atoms with Crippen LogP contribution in [0.5, 0.6) is 5.75 Å². The van der Waals surface area contributed by atoms with Crippen LogP contribution in [-0.4, -0.2) is 73.3 Å². The molecule has 28 heavy (non-hydrogen) atoms. The van der Waals surface area contributed by atoms with Gasteiger partial charge in [-0.25, -0.2) is 0 Å². The van der Waals surface area contributed by atoms with E-state index in [1.54, 1.807) is 35.2 Å². The molecule has 0 aromatic heterocycles. The summed E-state index contributed by atoms with van der Waals surface area (Å²) in [5, 5.41) is 2.75. The number of piperazine rings is 1. The first-order valence-corrected chi connectivity index (χ1v) is 9.67. The van der Waals surface area contributed by atoms with E-state index in [1.165, 1.54) is 0 Å². The van der Waals surface area contributed by atoms with Gasteiger partial charge in [-0.2, -0.15) is 0 Å². The van der Waals surface area contributed by atoms with Crippen molar-refractivity contribution in [3.05, 3.63) is 42.5 Å². The van der Waals surface area contributed by atoms with Crippen molar-refractivity contribution in [3.63, 3.8) is 0 Å². The summed E-state index contributed by atoms with van der Waals surface area (Å²) in [4.78, 5) is 40.2. The van der Waals surface area contributed by atoms with Gasteiger partial charge in [-0.1, -0.05) is 6.08 Å². The largest absolute Gasteiger partial charge is 0.494 e. The van der Waals surface area contributed by atoms with Crippen LogP contribution in [0.15, 0.2) is 36.9 Å². The van der Waals surface area contributed by atoms with Crippen molar-refractivity contribution in [2.75, 3.05) is 45.9 Å². The van der Waals surface area contributed by atoms with Gasteiger partial charge in [0.15, 0.2) is 5.78 Å². The number of nitrogens with zero attached hydrogens (tertiary/aromatic N) is 2. The average Bonchev–Trinajstić information content (AvgIpc) is 2.71. The molecule has 1 aromatic carbocycles. The highest BCUT2D eigenvalue weighted by Crippen LogP contribution is 2.14. The van der Waals surface area contributed by atoms with Crippen LogP contribution in [0.25, 0.3) is 0 Å². The first-order chi connectivity index (χ1) is 13.5. The van der Waals surface area contributed by atoms with E-state index in [2.05, 4.69) is 11.9 Å². The molecule has 0 unspecified atom stereocenters. The van der Waals surface area contributed by atoms with Crippen LogP contribution in [0.2, 0.25) is 0 Å². The molecule has 1 aliphatic rings. The van der Waals surface area contributed by atoms with Crippen LogP contribution in [-0.2, 0) is 9.59 Å². The lowest BCUT2D eigenvalue weighted by Gasteiger charge is -2.34. The summed E-state index contributed by atoms with van der Waals surface area (Å²) >= 11 is 0. The van der Waals surface area contributed by atoms with Crippen LogP contribution in [0.1, 0.15) is 30.1 Å². The highest BCUT2D eigenvalue weighted by Gasteiger charge is 2.22. The summed E-state index contributed by atoms with van der Waals surface area (Å²) < 4.78 is 5.36. The fraction of sp³-hybridized carbons (Fsp3) is 0.476. The molecular weight excluding hydrogens is 358 g/mol. The lowest BCUT2D eigenvalue weighted by molar-refractivity contribution is -0.133. The Morgan fingerprint density at radius 3 is 2.39 bits per heavy atom. The molecule has 0 spiro atoms. The number of hydrogen-bond donors (Lipinski definition) is 1. The number of Topliss-reactive ketones (excluding diaryl/α,β-unsaturated/α-hetero) is 1. The maximum atomic E-state index is 12.4. The molecule has 0 atom stereocenters. The quantitative estimate of drug-likeness (QED) is 0.486. The fourth-order valence-corrected chi connectivity index (χ4v) is 3.03. The van der Waals surface area contributed by atoms with Gasteiger partial charge in [0.2, 0.25) is 11.8 Å². The minimum atomic E-state index is -0.0473. The van der Waals surface area contributed by atoms with E-state index < -0.39 is 0 Å². The maximum absolute atomic E-state index is 12.4. The smallest absolute Gasteiger partial charge is 0.234 e. The van der Waals surface area contributed by atoms with Gasteiger partial charge in [-0.05, 0) is 31.2 Å². The Hall–Kier alpha value is -2.67. The second-order valence-corrected chi connectivity index (χ2v) is 6.63. The van der Waals surface area contributed by atoms with E-state index in [0.717, 1.165) is 5.75 Å². The molecule has 1 aliphatic heterocycles. The Labute approximate surface area is 166 Å². The van der Waals surface area contributed by atoms with Gasteiger partial charge < -0.3 is 15.0 Å². The van der Waals surface area contributed by atoms with Crippen molar-refractivity contribution in [3.8, 4) is 5.75 Å². The number of ether oxygens (including phenoxy) is 1. The first-order valence-electron chi connectivity index (χ1n) is 9.67. The number of rotatable bonds is 10. The SMILES string of the molecule is C=CCNC(=O)CN1CCN(C(=O)CCC(=O)c2ccc(OCC)cc2)CC1. The lowest BCUT2D eigenvalue weighted by atomic mass is 10.1. The van der Waals surface area contributed by atoms with Crippen molar-refractivity contribution in [1.29, 1.82) is 0 Å². The Bertz CT molecular complexity index is 679. The first kappa shape index (κ1) is 21.6. The van der Waals surface area contributed by atoms with Gasteiger partial charge in [-0.3, -0.25) is 19.3 Å². The van der Waals surface area contributed by atoms with Gasteiger partial charge in [0.05, 0.1) is 13.2 Å². The van der Waals surface area contributed by atoms with Gasteiger partial charge in [0.25, 0.3) is 0 Å². The molecular formula is C21H29N3O4. The molecule has 0 aliphatic carbocycles. The van der Waals surface area contributed by atoms with Crippen LogP contribution in [0.3, 0.4) is 0 Å². The van der Waals surface area contributed by atoms with Crippen molar-refractivity contribution < 1.29 is 19.1 Å². The average molecular weight is 387 g/mol. The summed E-state index contributed by atoms with van der Waals surface area (Å²) in [6, 6.07) is 6.99. The number of carbonyl (C=O) groups excluding carboxylic acids is 3. The summed E-state index contributed by atoms with van der Waals surface area (Å²) in [6.07, 6.45) is 2.03. The second kappa shape index (κ2) is 11.2. The van der Waals surface area contributed by atoms with Gasteiger partial charge in [-0.15, -0.1) is 6.58 Å². The molecule has 0 saturated carbocycles. The Morgan fingerprint density at radius 2 is 1.79 bits per heavy atom. The molecule has 2 amide bonds. The number of nitrogens with one attached hydrogen (secondary N) is 1. The Balaban J connectivity index is 1.71. The molecule has 7 heteroatoms. The molecule has 1 N–H and O–H groups in total. The summed E-state index contributed by atoms with van der Waals surface area (Å²) in [7, 11) is 0. The van der Waals surface area contributed by atoms with E-state index in [0.29, 0.717) is 51.4 Å². The Kier molecular flexibility index (Phi) is 8.68. The number of carbonyl (C=O) groups is 3. The molecule has 1 heterocycles. The highest BCUT2D eigenvalue weighted by atomic mass is 16.5. The molecule has 2 rings (SSSR count). The fourth-order valence-electron chi connectivity index (χ4n) is 3.03. The van der Waals surface area contributed by atoms with E-state index in [1.807, 2.05) is 11.8 Å². The Morgan fingerprint density at radius 1 is 1.11 bits per heavy atom. The van der Waals surface area contributed by atoms with Gasteiger partial charge in [0.1, 0.15) is 5.75 Å². The van der Waals surface area contributed by atoms with Crippen molar-refractivity contribution in [2.24, 2.45) is 0 Å². The summed E-state index contributed by atoms with van der Waals surface area (Å²) in [5.74, 6) is 0.621. The van der Waals surface area contributed by atoms with Crippen LogP contribution >= 0.6 is 0 Å². The predicted octanol–water partition coefficient (Wildman–Crippen LogP) is 1.49. The summed E-state index contributed by atoms with van der Waals surface area (Å²) in [5.41, 5.74) is 0.589. The third-order valence-electron chi connectivity index (χ3n) is 4.59. The molecule has 1 aromatic rings. The molecule has 0 radical (unpaired) electrons. The monoisotopic (exact) mass is 387 g/mol. The third-order valence-corrected chi connectivity index (χ3v) is 4.59. The topological polar surface area (TPSA) is 79.0 Å². The zero-order valence-electron chi connectivity index (χ0n) is 16.5. The van der Waals surface area contributed by atoms with E-state index in [-0.39, 0.29) is 30.4 Å². The predicted molar refractivity (Wildman–Crippen MR) is 107 cm³/mol. The zero-order valence-corrected chi connectivity index (χ0v) is 16.5. The number of amides is 2.